The molecule has 3 heterocycles. The number of likely N-dealkylation sites (tertiary alicyclic amines) is 1. The van der Waals surface area contributed by atoms with Crippen molar-refractivity contribution >= 4 is 23.2 Å². The SMILES string of the molecule is O=C([C@H]1CC[C@H](c2ccccc2)N1)N1CCC2(CC1)Nc1ccccc1NC2=O. The first-order chi connectivity index (χ1) is 14.1. The lowest BCUT2D eigenvalue weighted by Crippen LogP contribution is -2.60. The summed E-state index contributed by atoms with van der Waals surface area (Å²) in [6, 6.07) is 18.2. The van der Waals surface area contributed by atoms with Gasteiger partial charge in [0.15, 0.2) is 0 Å². The van der Waals surface area contributed by atoms with Gasteiger partial charge in [-0.25, -0.2) is 0 Å². The Morgan fingerprint density at radius 3 is 2.38 bits per heavy atom. The van der Waals surface area contributed by atoms with E-state index < -0.39 is 5.54 Å². The second-order valence-electron chi connectivity index (χ2n) is 8.29. The molecule has 5 rings (SSSR count). The molecule has 0 aromatic heterocycles. The van der Waals surface area contributed by atoms with E-state index in [0.717, 1.165) is 24.2 Å². The Labute approximate surface area is 170 Å². The first-order valence-corrected chi connectivity index (χ1v) is 10.4. The highest BCUT2D eigenvalue weighted by Gasteiger charge is 2.46. The Balaban J connectivity index is 1.22. The van der Waals surface area contributed by atoms with E-state index in [1.165, 1.54) is 5.56 Å². The number of hydrogen-bond donors (Lipinski definition) is 3. The van der Waals surface area contributed by atoms with Gasteiger partial charge in [-0.05, 0) is 43.4 Å². The number of benzene rings is 2. The summed E-state index contributed by atoms with van der Waals surface area (Å²) in [6.07, 6.45) is 3.06. The van der Waals surface area contributed by atoms with E-state index in [1.807, 2.05) is 47.4 Å². The van der Waals surface area contributed by atoms with Crippen LogP contribution >= 0.6 is 0 Å². The molecule has 2 atom stereocenters. The van der Waals surface area contributed by atoms with Crippen molar-refractivity contribution in [1.29, 1.82) is 0 Å². The average Bonchev–Trinajstić information content (AvgIpc) is 3.26. The lowest BCUT2D eigenvalue weighted by atomic mass is 9.84. The number of piperidine rings is 1. The first kappa shape index (κ1) is 18.2. The minimum Gasteiger partial charge on any atom is -0.369 e. The summed E-state index contributed by atoms with van der Waals surface area (Å²) in [5, 5.41) is 9.99. The monoisotopic (exact) mass is 390 g/mol. The zero-order valence-corrected chi connectivity index (χ0v) is 16.4. The van der Waals surface area contributed by atoms with Gasteiger partial charge in [-0.3, -0.25) is 14.9 Å². The molecule has 6 nitrogen and oxygen atoms in total. The van der Waals surface area contributed by atoms with Crippen LogP contribution in [0.25, 0.3) is 0 Å². The molecule has 0 saturated carbocycles. The van der Waals surface area contributed by atoms with Crippen LogP contribution in [0.4, 0.5) is 11.4 Å². The zero-order chi connectivity index (χ0) is 19.8. The molecule has 0 bridgehead atoms. The minimum atomic E-state index is -0.624. The van der Waals surface area contributed by atoms with Crippen LogP contribution < -0.4 is 16.0 Å². The number of nitrogens with one attached hydrogen (secondary N) is 3. The van der Waals surface area contributed by atoms with Gasteiger partial charge in [0.05, 0.1) is 17.4 Å². The van der Waals surface area contributed by atoms with E-state index in [0.29, 0.717) is 25.9 Å². The summed E-state index contributed by atoms with van der Waals surface area (Å²) >= 11 is 0. The standard InChI is InChI=1S/C23H26N4O2/c28-21(20-11-10-17(24-20)16-6-2-1-3-7-16)27-14-12-23(13-15-27)22(29)25-18-8-4-5-9-19(18)26-23/h1-9,17,20,24,26H,10-15H2,(H,25,29)/t17-,20-/m1/s1. The van der Waals surface area contributed by atoms with Crippen LogP contribution in [-0.4, -0.2) is 41.4 Å². The van der Waals surface area contributed by atoms with E-state index in [4.69, 9.17) is 0 Å². The van der Waals surface area contributed by atoms with Gasteiger partial charge in [0.2, 0.25) is 11.8 Å². The molecule has 2 fully saturated rings. The van der Waals surface area contributed by atoms with Crippen LogP contribution in [0.1, 0.15) is 37.3 Å². The fourth-order valence-corrected chi connectivity index (χ4v) is 4.82. The molecule has 0 unspecified atom stereocenters. The summed E-state index contributed by atoms with van der Waals surface area (Å²) in [5.74, 6) is 0.168. The van der Waals surface area contributed by atoms with E-state index in [9.17, 15) is 9.59 Å². The predicted molar refractivity (Wildman–Crippen MR) is 113 cm³/mol. The van der Waals surface area contributed by atoms with Crippen molar-refractivity contribution in [2.45, 2.75) is 43.3 Å². The minimum absolute atomic E-state index is 0.00596. The molecular formula is C23H26N4O2. The maximum Gasteiger partial charge on any atom is 0.250 e. The van der Waals surface area contributed by atoms with E-state index in [2.05, 4.69) is 28.1 Å². The summed E-state index contributed by atoms with van der Waals surface area (Å²) < 4.78 is 0. The number of carbonyl (C=O) groups excluding carboxylic acids is 2. The van der Waals surface area contributed by atoms with Crippen molar-refractivity contribution in [2.75, 3.05) is 23.7 Å². The van der Waals surface area contributed by atoms with Gasteiger partial charge in [0.25, 0.3) is 0 Å². The largest absolute Gasteiger partial charge is 0.369 e. The number of carbonyl (C=O) groups is 2. The topological polar surface area (TPSA) is 73.5 Å². The highest BCUT2D eigenvalue weighted by Crippen LogP contribution is 2.36. The Morgan fingerprint density at radius 2 is 1.62 bits per heavy atom. The third-order valence-electron chi connectivity index (χ3n) is 6.56. The summed E-state index contributed by atoms with van der Waals surface area (Å²) in [7, 11) is 0. The van der Waals surface area contributed by atoms with Crippen LogP contribution in [0.2, 0.25) is 0 Å². The number of anilines is 2. The predicted octanol–water partition coefficient (Wildman–Crippen LogP) is 2.91. The van der Waals surface area contributed by atoms with Gasteiger partial charge in [0.1, 0.15) is 5.54 Å². The maximum atomic E-state index is 13.1. The van der Waals surface area contributed by atoms with E-state index in [1.54, 1.807) is 0 Å². The van der Waals surface area contributed by atoms with Crippen molar-refractivity contribution in [3.63, 3.8) is 0 Å². The number of para-hydroxylation sites is 2. The lowest BCUT2D eigenvalue weighted by molar-refractivity contribution is -0.136. The number of amides is 2. The summed E-state index contributed by atoms with van der Waals surface area (Å²) in [4.78, 5) is 27.8. The van der Waals surface area contributed by atoms with Gasteiger partial charge in [-0.15, -0.1) is 0 Å². The molecule has 2 saturated heterocycles. The Kier molecular flexibility index (Phi) is 4.51. The van der Waals surface area contributed by atoms with Crippen LogP contribution in [-0.2, 0) is 9.59 Å². The third-order valence-corrected chi connectivity index (χ3v) is 6.56. The van der Waals surface area contributed by atoms with Crippen molar-refractivity contribution in [1.82, 2.24) is 10.2 Å². The summed E-state index contributed by atoms with van der Waals surface area (Å²) in [6.45, 7) is 1.19. The fourth-order valence-electron chi connectivity index (χ4n) is 4.82. The zero-order valence-electron chi connectivity index (χ0n) is 16.4. The van der Waals surface area contributed by atoms with Gasteiger partial charge < -0.3 is 15.5 Å². The molecule has 3 N–H and O–H groups in total. The van der Waals surface area contributed by atoms with Crippen LogP contribution in [0.15, 0.2) is 54.6 Å². The van der Waals surface area contributed by atoms with Crippen LogP contribution in [0.5, 0.6) is 0 Å². The number of hydrogen-bond acceptors (Lipinski definition) is 4. The second kappa shape index (κ2) is 7.19. The third kappa shape index (κ3) is 3.27. The average molecular weight is 390 g/mol. The number of nitrogens with zero attached hydrogens (tertiary/aromatic N) is 1. The highest BCUT2D eigenvalue weighted by atomic mass is 16.2. The molecule has 0 radical (unpaired) electrons. The summed E-state index contributed by atoms with van der Waals surface area (Å²) in [5.41, 5.74) is 2.39. The highest BCUT2D eigenvalue weighted by molar-refractivity contribution is 6.06. The molecule has 29 heavy (non-hydrogen) atoms. The normalized spacial score (nSPS) is 25.2. The molecule has 2 aromatic rings. The van der Waals surface area contributed by atoms with E-state index in [-0.39, 0.29) is 23.9 Å². The molecule has 150 valence electrons. The smallest absolute Gasteiger partial charge is 0.250 e. The Morgan fingerprint density at radius 1 is 0.931 bits per heavy atom. The molecule has 6 heteroatoms. The van der Waals surface area contributed by atoms with Gasteiger partial charge in [0, 0.05) is 19.1 Å². The van der Waals surface area contributed by atoms with Gasteiger partial charge >= 0.3 is 0 Å². The molecule has 0 aliphatic carbocycles. The Hall–Kier alpha value is -2.86. The Bertz CT molecular complexity index is 921. The number of rotatable bonds is 2. The van der Waals surface area contributed by atoms with Crippen molar-refractivity contribution in [3.8, 4) is 0 Å². The maximum absolute atomic E-state index is 13.1. The second-order valence-corrected chi connectivity index (χ2v) is 8.29. The van der Waals surface area contributed by atoms with Crippen LogP contribution in [0.3, 0.4) is 0 Å². The van der Waals surface area contributed by atoms with Gasteiger partial charge in [-0.2, -0.15) is 0 Å². The van der Waals surface area contributed by atoms with Crippen molar-refractivity contribution in [2.24, 2.45) is 0 Å². The van der Waals surface area contributed by atoms with E-state index >= 15 is 0 Å². The molecule has 1 spiro atoms. The lowest BCUT2D eigenvalue weighted by Gasteiger charge is -2.44. The molecule has 2 amide bonds. The quantitative estimate of drug-likeness (QED) is 0.737. The first-order valence-electron chi connectivity index (χ1n) is 10.4. The number of fused-ring (bicyclic) bond motifs is 1. The molecule has 3 aliphatic rings. The van der Waals surface area contributed by atoms with Gasteiger partial charge in [-0.1, -0.05) is 42.5 Å². The van der Waals surface area contributed by atoms with Crippen LogP contribution in [0, 0.1) is 0 Å². The molecule has 2 aromatic carbocycles. The van der Waals surface area contributed by atoms with Crippen molar-refractivity contribution in [3.05, 3.63) is 60.2 Å². The van der Waals surface area contributed by atoms with Crippen molar-refractivity contribution < 1.29 is 9.59 Å². The molecule has 3 aliphatic heterocycles. The fraction of sp³-hybridized carbons (Fsp3) is 0.391. The molecular weight excluding hydrogens is 364 g/mol.